The maximum Gasteiger partial charge on any atom is 0.266 e. The number of amides is 4. The van der Waals surface area contributed by atoms with Crippen LogP contribution in [0, 0.1) is 0 Å². The number of nitrogens with zero attached hydrogens (tertiary/aromatic N) is 2. The minimum atomic E-state index is -0.733. The van der Waals surface area contributed by atoms with E-state index in [-0.39, 0.29) is 28.7 Å². The number of benzene rings is 10. The number of ether oxygens (including phenoxy) is 2. The highest BCUT2D eigenvalue weighted by molar-refractivity contribution is 6.34. The first-order valence-corrected chi connectivity index (χ1v) is 32.0. The molecule has 4 aliphatic rings. The van der Waals surface area contributed by atoms with Gasteiger partial charge in [0, 0.05) is 5.54 Å². The molecule has 10 aromatic rings. The van der Waals surface area contributed by atoms with Gasteiger partial charge in [0.05, 0.1) is 38.8 Å². The fraction of sp³-hybridized carbons (Fsp3) is 0.220. The summed E-state index contributed by atoms with van der Waals surface area (Å²) < 4.78 is 13.0. The van der Waals surface area contributed by atoms with Crippen molar-refractivity contribution in [2.24, 2.45) is 0 Å². The zero-order chi connectivity index (χ0) is 62.1. The van der Waals surface area contributed by atoms with Crippen molar-refractivity contribution >= 4 is 29.3 Å². The highest BCUT2D eigenvalue weighted by Gasteiger charge is 2.49. The van der Waals surface area contributed by atoms with Gasteiger partial charge < -0.3 is 9.47 Å². The molecule has 2 heterocycles. The summed E-state index contributed by atoms with van der Waals surface area (Å²) >= 11 is 0. The Morgan fingerprint density at radius 3 is 1.13 bits per heavy atom. The van der Waals surface area contributed by atoms with Crippen LogP contribution in [0.1, 0.15) is 184 Å². The molecule has 8 heteroatoms. The Kier molecular flexibility index (Phi) is 14.5. The summed E-state index contributed by atoms with van der Waals surface area (Å²) in [5, 5.41) is 0. The fourth-order valence-electron chi connectivity index (χ4n) is 15.2. The third-order valence-corrected chi connectivity index (χ3v) is 20.5. The lowest BCUT2D eigenvalue weighted by molar-refractivity contribution is 0.0420. The Morgan fingerprint density at radius 1 is 0.356 bits per heavy atom. The monoisotopic (exact) mass is 1180 g/mol. The number of fused-ring (bicyclic) bond motifs is 8. The normalized spacial score (nSPS) is 16.0. The van der Waals surface area contributed by atoms with E-state index in [0.717, 1.165) is 83.0 Å². The first-order valence-electron chi connectivity index (χ1n) is 32.0. The molecular weight excluding hydrogens is 1110 g/mol. The molecular formula is C82H72N2O6. The zero-order valence-corrected chi connectivity index (χ0v) is 51.9. The number of rotatable bonds is 19. The summed E-state index contributed by atoms with van der Waals surface area (Å²) in [5.41, 5.74) is 14.9. The first kappa shape index (κ1) is 57.8. The second kappa shape index (κ2) is 22.6. The van der Waals surface area contributed by atoms with E-state index in [0.29, 0.717) is 51.8 Å². The van der Waals surface area contributed by atoms with E-state index in [1.165, 1.54) is 44.0 Å². The van der Waals surface area contributed by atoms with Crippen molar-refractivity contribution in [3.8, 4) is 45.3 Å². The van der Waals surface area contributed by atoms with E-state index in [4.69, 9.17) is 9.47 Å². The third kappa shape index (κ3) is 8.92. The highest BCUT2D eigenvalue weighted by Crippen LogP contribution is 2.58. The summed E-state index contributed by atoms with van der Waals surface area (Å²) in [4.78, 5) is 59.4. The SMILES string of the molecule is CCCCC(C)(CC)c1ccc(C2(c3ccc(N4C(=O)c5ccc(Oc6ccc(C7(c8ccc(Oc9ccc%10c(c9)C(=O)N(C(C)(CC)CCCC)C%10=O)cc8)c8ccccc8-c8ccccc87)cc6)cc5C4=O)cc3)c3ccccc3-c3ccccc32)cc1. The van der Waals surface area contributed by atoms with Crippen LogP contribution in [-0.4, -0.2) is 34.1 Å². The molecule has 0 spiro atoms. The lowest BCUT2D eigenvalue weighted by Crippen LogP contribution is -2.49. The second-order valence-corrected chi connectivity index (χ2v) is 25.3. The van der Waals surface area contributed by atoms with Gasteiger partial charge in [-0.15, -0.1) is 0 Å². The van der Waals surface area contributed by atoms with Crippen molar-refractivity contribution in [2.45, 2.75) is 115 Å². The van der Waals surface area contributed by atoms with Crippen molar-refractivity contribution in [3.05, 3.63) is 303 Å². The van der Waals surface area contributed by atoms with Crippen LogP contribution in [0.4, 0.5) is 5.69 Å². The number of hydrogen-bond acceptors (Lipinski definition) is 6. The topological polar surface area (TPSA) is 93.2 Å². The number of anilines is 1. The van der Waals surface area contributed by atoms with Gasteiger partial charge in [0.2, 0.25) is 0 Å². The van der Waals surface area contributed by atoms with Crippen molar-refractivity contribution in [3.63, 3.8) is 0 Å². The average Bonchev–Trinajstić information content (AvgIpc) is 1.53. The van der Waals surface area contributed by atoms with E-state index < -0.39 is 22.3 Å². The summed E-state index contributed by atoms with van der Waals surface area (Å²) in [6, 6.07) is 78.3. The Morgan fingerprint density at radius 2 is 0.711 bits per heavy atom. The molecule has 0 N–H and O–H groups in total. The van der Waals surface area contributed by atoms with Gasteiger partial charge >= 0.3 is 0 Å². The summed E-state index contributed by atoms with van der Waals surface area (Å²) in [6.07, 6.45) is 7.86. The van der Waals surface area contributed by atoms with Crippen molar-refractivity contribution in [2.75, 3.05) is 4.90 Å². The van der Waals surface area contributed by atoms with Gasteiger partial charge in [0.15, 0.2) is 0 Å². The van der Waals surface area contributed by atoms with Gasteiger partial charge in [-0.3, -0.25) is 24.1 Å². The minimum Gasteiger partial charge on any atom is -0.457 e. The fourth-order valence-corrected chi connectivity index (χ4v) is 15.2. The first-order chi connectivity index (χ1) is 43.8. The summed E-state index contributed by atoms with van der Waals surface area (Å²) in [6.45, 7) is 13.1. The molecule has 0 aromatic heterocycles. The zero-order valence-electron chi connectivity index (χ0n) is 51.9. The van der Waals surface area contributed by atoms with Crippen LogP contribution in [0.3, 0.4) is 0 Å². The largest absolute Gasteiger partial charge is 0.457 e. The quantitative estimate of drug-likeness (QED) is 0.0749. The van der Waals surface area contributed by atoms with Crippen molar-refractivity contribution in [1.29, 1.82) is 0 Å². The molecule has 8 nitrogen and oxygen atoms in total. The summed E-state index contributed by atoms with van der Waals surface area (Å²) in [7, 11) is 0. The Labute approximate surface area is 527 Å². The molecule has 14 rings (SSSR count). The van der Waals surface area contributed by atoms with Crippen LogP contribution >= 0.6 is 0 Å². The average molecular weight is 1180 g/mol. The van der Waals surface area contributed by atoms with E-state index in [2.05, 4.69) is 185 Å². The molecule has 90 heavy (non-hydrogen) atoms. The molecule has 0 bridgehead atoms. The van der Waals surface area contributed by atoms with Crippen LogP contribution in [-0.2, 0) is 16.2 Å². The van der Waals surface area contributed by atoms with E-state index in [1.54, 1.807) is 36.4 Å². The number of carbonyl (C=O) groups is 4. The molecule has 446 valence electrons. The third-order valence-electron chi connectivity index (χ3n) is 20.5. The van der Waals surface area contributed by atoms with Gasteiger partial charge in [-0.2, -0.15) is 0 Å². The van der Waals surface area contributed by atoms with Crippen LogP contribution in [0.25, 0.3) is 22.3 Å². The Hall–Kier alpha value is -9.92. The van der Waals surface area contributed by atoms with E-state index >= 15 is 0 Å². The Bertz CT molecular complexity index is 4400. The number of imide groups is 2. The molecule has 0 fully saturated rings. The van der Waals surface area contributed by atoms with Crippen LogP contribution in [0.15, 0.2) is 231 Å². The molecule has 0 radical (unpaired) electrons. The predicted molar refractivity (Wildman–Crippen MR) is 358 cm³/mol. The maximum absolute atomic E-state index is 14.6. The van der Waals surface area contributed by atoms with Gasteiger partial charge in [0.25, 0.3) is 23.6 Å². The van der Waals surface area contributed by atoms with Gasteiger partial charge in [0.1, 0.15) is 23.0 Å². The summed E-state index contributed by atoms with van der Waals surface area (Å²) in [5.74, 6) is 0.729. The van der Waals surface area contributed by atoms with E-state index in [9.17, 15) is 19.2 Å². The number of carbonyl (C=O) groups excluding carboxylic acids is 4. The molecule has 0 saturated carbocycles. The van der Waals surface area contributed by atoms with Gasteiger partial charge in [-0.1, -0.05) is 218 Å². The molecule has 2 aliphatic heterocycles. The standard InChI is InChI=1S/C82H72N2O6/c1-7-11-49-79(5,9-3)53-29-31-54(32-30-53)81(71-25-17-13-21-63(71)64-22-14-18-26-72(64)81)55-33-39-58(40-34-55)83-75(85)67-47-45-61(51-69(67)76(83)86)89-59-41-35-56(36-42-59)82(73-27-19-15-23-65(73)66-24-16-20-28-74(66)82)57-37-43-60(44-38-57)90-62-46-48-68-70(52-62)78(88)84(77(68)87)80(6,10-4)50-12-8-2/h13-48,51-52H,7-12,49-50H2,1-6H3. The van der Waals surface area contributed by atoms with Crippen molar-refractivity contribution in [1.82, 2.24) is 4.90 Å². The molecule has 0 saturated heterocycles. The number of unbranched alkanes of at least 4 members (excludes halogenated alkanes) is 2. The lowest BCUT2D eigenvalue weighted by Gasteiger charge is -2.36. The highest BCUT2D eigenvalue weighted by atomic mass is 16.5. The smallest absolute Gasteiger partial charge is 0.266 e. The predicted octanol–water partition coefficient (Wildman–Crippen LogP) is 19.6. The van der Waals surface area contributed by atoms with Crippen molar-refractivity contribution < 1.29 is 28.7 Å². The Balaban J connectivity index is 0.738. The molecule has 4 amide bonds. The maximum atomic E-state index is 14.6. The van der Waals surface area contributed by atoms with Crippen LogP contribution in [0.5, 0.6) is 23.0 Å². The molecule has 2 aliphatic carbocycles. The van der Waals surface area contributed by atoms with Crippen LogP contribution in [0.2, 0.25) is 0 Å². The number of hydrogen-bond donors (Lipinski definition) is 0. The molecule has 10 aromatic carbocycles. The minimum absolute atomic E-state index is 0.0771. The molecule has 2 atom stereocenters. The van der Waals surface area contributed by atoms with Gasteiger partial charge in [-0.25, -0.2) is 4.90 Å². The van der Waals surface area contributed by atoms with Gasteiger partial charge in [-0.05, 0) is 183 Å². The van der Waals surface area contributed by atoms with E-state index in [1.807, 2.05) is 50.2 Å². The van der Waals surface area contributed by atoms with Crippen LogP contribution < -0.4 is 14.4 Å². The lowest BCUT2D eigenvalue weighted by atomic mass is 9.67. The molecule has 2 unspecified atom stereocenters. The second-order valence-electron chi connectivity index (χ2n) is 25.3.